The molecule has 0 aliphatic carbocycles. The van der Waals surface area contributed by atoms with Crippen LogP contribution in [0, 0.1) is 0 Å². The van der Waals surface area contributed by atoms with Gasteiger partial charge in [-0.3, -0.25) is 4.79 Å². The molecule has 1 rings (SSSR count). The van der Waals surface area contributed by atoms with E-state index in [1.807, 2.05) is 6.07 Å². The number of aromatic nitrogens is 1. The molecular weight excluding hydrogens is 270 g/mol. The molecule has 0 radical (unpaired) electrons. The third-order valence-electron chi connectivity index (χ3n) is 2.87. The van der Waals surface area contributed by atoms with Crippen molar-refractivity contribution in [2.24, 2.45) is 0 Å². The molecule has 0 aliphatic rings. The van der Waals surface area contributed by atoms with Crippen LogP contribution in [0.4, 0.5) is 5.82 Å². The Morgan fingerprint density at radius 2 is 2.10 bits per heavy atom. The summed E-state index contributed by atoms with van der Waals surface area (Å²) < 4.78 is 10.2. The van der Waals surface area contributed by atoms with Crippen molar-refractivity contribution < 1.29 is 14.3 Å². The number of aryl methyl sites for hydroxylation is 1. The van der Waals surface area contributed by atoms with Crippen LogP contribution in [0.1, 0.15) is 29.4 Å². The van der Waals surface area contributed by atoms with Crippen molar-refractivity contribution in [2.75, 3.05) is 45.8 Å². The van der Waals surface area contributed by atoms with Gasteiger partial charge in [0.25, 0.3) is 5.91 Å². The van der Waals surface area contributed by atoms with E-state index in [2.05, 4.69) is 22.5 Å². The number of hydrogen-bond acceptors (Lipinski definition) is 5. The van der Waals surface area contributed by atoms with E-state index >= 15 is 0 Å². The highest BCUT2D eigenvalue weighted by Gasteiger charge is 2.09. The number of rotatable bonds is 10. The highest BCUT2D eigenvalue weighted by molar-refractivity contribution is 5.95. The van der Waals surface area contributed by atoms with Gasteiger partial charge in [-0.1, -0.05) is 13.3 Å². The first-order chi connectivity index (χ1) is 10.2. The van der Waals surface area contributed by atoms with Gasteiger partial charge in [-0.15, -0.1) is 0 Å². The summed E-state index contributed by atoms with van der Waals surface area (Å²) in [7, 11) is 3.42. The molecule has 1 amide bonds. The Labute approximate surface area is 126 Å². The van der Waals surface area contributed by atoms with E-state index in [0.717, 1.165) is 18.5 Å². The summed E-state index contributed by atoms with van der Waals surface area (Å²) >= 11 is 0. The van der Waals surface area contributed by atoms with Gasteiger partial charge in [-0.05, 0) is 18.6 Å². The zero-order valence-electron chi connectivity index (χ0n) is 13.1. The molecule has 2 N–H and O–H groups in total. The molecule has 1 aromatic heterocycles. The maximum atomic E-state index is 12.1. The van der Waals surface area contributed by atoms with Crippen molar-refractivity contribution in [3.05, 3.63) is 23.4 Å². The summed E-state index contributed by atoms with van der Waals surface area (Å²) in [6.45, 7) is 4.13. The van der Waals surface area contributed by atoms with Gasteiger partial charge in [0.1, 0.15) is 5.82 Å². The van der Waals surface area contributed by atoms with Crippen LogP contribution in [-0.4, -0.2) is 51.4 Å². The number of methoxy groups -OCH3 is 1. The number of carbonyl (C=O) groups excluding carboxylic acids is 1. The van der Waals surface area contributed by atoms with E-state index in [1.165, 1.54) is 0 Å². The number of anilines is 1. The van der Waals surface area contributed by atoms with Crippen molar-refractivity contribution >= 4 is 11.7 Å². The van der Waals surface area contributed by atoms with Crippen LogP contribution in [-0.2, 0) is 15.9 Å². The maximum absolute atomic E-state index is 12.1. The normalized spacial score (nSPS) is 10.4. The lowest BCUT2D eigenvalue weighted by Gasteiger charge is -2.09. The van der Waals surface area contributed by atoms with Crippen LogP contribution < -0.4 is 10.6 Å². The predicted molar refractivity (Wildman–Crippen MR) is 82.8 cm³/mol. The highest BCUT2D eigenvalue weighted by Crippen LogP contribution is 2.11. The molecule has 118 valence electrons. The monoisotopic (exact) mass is 295 g/mol. The maximum Gasteiger partial charge on any atom is 0.251 e. The van der Waals surface area contributed by atoms with Crippen LogP contribution in [0.25, 0.3) is 0 Å². The summed E-state index contributed by atoms with van der Waals surface area (Å²) in [5.74, 6) is 0.601. The van der Waals surface area contributed by atoms with E-state index in [9.17, 15) is 4.79 Å². The molecule has 0 saturated carbocycles. The molecule has 0 unspecified atom stereocenters. The van der Waals surface area contributed by atoms with Crippen molar-refractivity contribution in [3.63, 3.8) is 0 Å². The number of carbonyl (C=O) groups is 1. The van der Waals surface area contributed by atoms with Crippen molar-refractivity contribution in [2.45, 2.75) is 19.8 Å². The molecule has 0 spiro atoms. The summed E-state index contributed by atoms with van der Waals surface area (Å²) in [4.78, 5) is 16.5. The van der Waals surface area contributed by atoms with E-state index in [4.69, 9.17) is 9.47 Å². The molecule has 0 aliphatic heterocycles. The molecule has 0 fully saturated rings. The van der Waals surface area contributed by atoms with Gasteiger partial charge in [-0.2, -0.15) is 0 Å². The summed E-state index contributed by atoms with van der Waals surface area (Å²) in [5.41, 5.74) is 1.54. The van der Waals surface area contributed by atoms with Crippen LogP contribution >= 0.6 is 0 Å². The highest BCUT2D eigenvalue weighted by atomic mass is 16.5. The second-order valence-electron chi connectivity index (χ2n) is 4.59. The van der Waals surface area contributed by atoms with E-state index in [-0.39, 0.29) is 5.91 Å². The Balaban J connectivity index is 2.50. The zero-order valence-corrected chi connectivity index (χ0v) is 13.1. The second kappa shape index (κ2) is 10.1. The van der Waals surface area contributed by atoms with Gasteiger partial charge in [0, 0.05) is 32.0 Å². The first-order valence-electron chi connectivity index (χ1n) is 7.24. The van der Waals surface area contributed by atoms with Gasteiger partial charge in [0.2, 0.25) is 0 Å². The predicted octanol–water partition coefficient (Wildman–Crippen LogP) is 1.47. The van der Waals surface area contributed by atoms with Crippen molar-refractivity contribution in [1.82, 2.24) is 10.3 Å². The number of ether oxygens (including phenoxy) is 2. The Morgan fingerprint density at radius 1 is 1.29 bits per heavy atom. The molecule has 0 atom stereocenters. The lowest BCUT2D eigenvalue weighted by molar-refractivity contribution is 0.0692. The Kier molecular flexibility index (Phi) is 8.38. The molecule has 0 bridgehead atoms. The van der Waals surface area contributed by atoms with Crippen molar-refractivity contribution in [1.29, 1.82) is 0 Å². The Hall–Kier alpha value is -1.66. The summed E-state index contributed by atoms with van der Waals surface area (Å²) in [6.07, 6.45) is 1.85. The number of hydrogen-bond donors (Lipinski definition) is 2. The summed E-state index contributed by atoms with van der Waals surface area (Å²) in [5, 5.41) is 5.82. The van der Waals surface area contributed by atoms with Gasteiger partial charge >= 0.3 is 0 Å². The van der Waals surface area contributed by atoms with Gasteiger partial charge in [0.15, 0.2) is 0 Å². The smallest absolute Gasteiger partial charge is 0.251 e. The van der Waals surface area contributed by atoms with E-state index in [1.54, 1.807) is 20.2 Å². The zero-order chi connectivity index (χ0) is 15.5. The molecule has 6 heteroatoms. The molecular formula is C15H25N3O3. The Morgan fingerprint density at radius 3 is 2.76 bits per heavy atom. The molecule has 1 heterocycles. The lowest BCUT2D eigenvalue weighted by Crippen LogP contribution is -2.28. The average Bonchev–Trinajstić information content (AvgIpc) is 2.50. The van der Waals surface area contributed by atoms with Crippen molar-refractivity contribution in [3.8, 4) is 0 Å². The van der Waals surface area contributed by atoms with Gasteiger partial charge in [-0.25, -0.2) is 4.98 Å². The lowest BCUT2D eigenvalue weighted by atomic mass is 10.1. The minimum atomic E-state index is -0.110. The third kappa shape index (κ3) is 6.55. The van der Waals surface area contributed by atoms with Crippen LogP contribution in [0.15, 0.2) is 12.1 Å². The molecule has 21 heavy (non-hydrogen) atoms. The molecule has 0 saturated heterocycles. The first kappa shape index (κ1) is 17.4. The fourth-order valence-corrected chi connectivity index (χ4v) is 1.81. The third-order valence-corrected chi connectivity index (χ3v) is 2.87. The van der Waals surface area contributed by atoms with E-state index in [0.29, 0.717) is 37.7 Å². The molecule has 0 aromatic carbocycles. The topological polar surface area (TPSA) is 72.5 Å². The van der Waals surface area contributed by atoms with Crippen LogP contribution in [0.5, 0.6) is 0 Å². The fraction of sp³-hybridized carbons (Fsp3) is 0.600. The largest absolute Gasteiger partial charge is 0.382 e. The number of nitrogens with zero attached hydrogens (tertiary/aromatic N) is 1. The van der Waals surface area contributed by atoms with Crippen LogP contribution in [0.3, 0.4) is 0 Å². The van der Waals surface area contributed by atoms with E-state index < -0.39 is 0 Å². The summed E-state index contributed by atoms with van der Waals surface area (Å²) in [6, 6.07) is 3.59. The fourth-order valence-electron chi connectivity index (χ4n) is 1.81. The number of pyridine rings is 1. The van der Waals surface area contributed by atoms with Crippen LogP contribution in [0.2, 0.25) is 0 Å². The molecule has 6 nitrogen and oxygen atoms in total. The molecule has 1 aromatic rings. The van der Waals surface area contributed by atoms with Gasteiger partial charge in [0.05, 0.1) is 19.8 Å². The van der Waals surface area contributed by atoms with Gasteiger partial charge < -0.3 is 20.1 Å². The minimum Gasteiger partial charge on any atom is -0.382 e. The minimum absolute atomic E-state index is 0.110. The number of nitrogens with one attached hydrogen (secondary N) is 2. The number of amides is 1. The average molecular weight is 295 g/mol. The second-order valence-corrected chi connectivity index (χ2v) is 4.59. The first-order valence-corrected chi connectivity index (χ1v) is 7.24. The standard InChI is InChI=1S/C15H25N3O3/c1-4-5-13-10-12(11-14(16-2)18-13)15(19)17-6-7-21-9-8-20-3/h10-11H,4-9H2,1-3H3,(H,16,18)(H,17,19). The Bertz CT molecular complexity index is 438. The quantitative estimate of drug-likeness (QED) is 0.640. The SMILES string of the molecule is CCCc1cc(C(=O)NCCOCCOC)cc(NC)n1.